The minimum Gasteiger partial charge on any atom is -0.443 e. The largest absolute Gasteiger partial charge is 0.443 e. The summed E-state index contributed by atoms with van der Waals surface area (Å²) in [6.45, 7) is 8.95. The number of aliphatic hydroxyl groups excluding tert-OH is 3. The Labute approximate surface area is 145 Å². The zero-order valence-electron chi connectivity index (χ0n) is 14.5. The van der Waals surface area contributed by atoms with Crippen molar-refractivity contribution in [2.75, 3.05) is 6.54 Å². The molecule has 2 aliphatic heterocycles. The number of hydrogen-bond acceptors (Lipinski definition) is 8. The van der Waals surface area contributed by atoms with Gasteiger partial charge in [-0.25, -0.2) is 4.79 Å². The van der Waals surface area contributed by atoms with Gasteiger partial charge in [0.1, 0.15) is 35.4 Å². The van der Waals surface area contributed by atoms with Crippen molar-refractivity contribution in [3.8, 4) is 0 Å². The van der Waals surface area contributed by atoms with Gasteiger partial charge in [-0.3, -0.25) is 9.89 Å². The molecule has 0 aromatic heterocycles. The maximum Gasteiger partial charge on any atom is 0.416 e. The van der Waals surface area contributed by atoms with Gasteiger partial charge in [0.15, 0.2) is 5.17 Å². The predicted octanol–water partition coefficient (Wildman–Crippen LogP) is 0.542. The van der Waals surface area contributed by atoms with Crippen molar-refractivity contribution >= 4 is 23.0 Å². The lowest BCUT2D eigenvalue weighted by Gasteiger charge is -2.39. The van der Waals surface area contributed by atoms with E-state index in [1.807, 2.05) is 0 Å². The van der Waals surface area contributed by atoms with Crippen LogP contribution < -0.4 is 0 Å². The second-order valence-electron chi connectivity index (χ2n) is 6.94. The van der Waals surface area contributed by atoms with E-state index in [4.69, 9.17) is 9.47 Å². The number of amides is 1. The SMILES string of the molecule is CCN(C(=O)OC(C)(C)C)C1=N[C@@H]2[C@@H](O)[C@H](O)[C@@H]([C@H](C)O)O[C@@H]2S1. The summed E-state index contributed by atoms with van der Waals surface area (Å²) in [4.78, 5) is 18.0. The number of hydrogen-bond donors (Lipinski definition) is 3. The highest BCUT2D eigenvalue weighted by molar-refractivity contribution is 8.14. The van der Waals surface area contributed by atoms with Crippen molar-refractivity contribution in [1.82, 2.24) is 4.90 Å². The van der Waals surface area contributed by atoms with Crippen molar-refractivity contribution in [3.05, 3.63) is 0 Å². The molecule has 3 N–H and O–H groups in total. The Bertz CT molecular complexity index is 507. The Morgan fingerprint density at radius 1 is 1.42 bits per heavy atom. The molecule has 1 fully saturated rings. The van der Waals surface area contributed by atoms with E-state index in [1.165, 1.54) is 23.6 Å². The number of rotatable bonds is 2. The molecule has 9 heteroatoms. The van der Waals surface area contributed by atoms with E-state index in [0.717, 1.165) is 0 Å². The predicted molar refractivity (Wildman–Crippen MR) is 89.8 cm³/mol. The van der Waals surface area contributed by atoms with E-state index < -0.39 is 47.6 Å². The molecule has 24 heavy (non-hydrogen) atoms. The normalized spacial score (nSPS) is 34.3. The number of carbonyl (C=O) groups excluding carboxylic acids is 1. The van der Waals surface area contributed by atoms with Crippen LogP contribution >= 0.6 is 11.8 Å². The minimum absolute atomic E-state index is 0.346. The molecule has 138 valence electrons. The Morgan fingerprint density at radius 2 is 2.04 bits per heavy atom. The molecule has 0 aromatic rings. The maximum atomic E-state index is 12.3. The highest BCUT2D eigenvalue weighted by atomic mass is 32.2. The number of nitrogens with zero attached hydrogens (tertiary/aromatic N) is 2. The van der Waals surface area contributed by atoms with Crippen LogP contribution in [0.1, 0.15) is 34.6 Å². The number of thioether (sulfide) groups is 1. The molecule has 0 radical (unpaired) electrons. The Kier molecular flexibility index (Phi) is 5.81. The number of aliphatic imine (C=N–C) groups is 1. The number of ether oxygens (including phenoxy) is 2. The Hall–Kier alpha value is -0.870. The lowest BCUT2D eigenvalue weighted by atomic mass is 9.95. The molecule has 2 rings (SSSR count). The van der Waals surface area contributed by atoms with Crippen LogP contribution in [0, 0.1) is 0 Å². The van der Waals surface area contributed by atoms with E-state index in [9.17, 15) is 20.1 Å². The van der Waals surface area contributed by atoms with Gasteiger partial charge in [0.05, 0.1) is 6.10 Å². The van der Waals surface area contributed by atoms with Gasteiger partial charge in [0.2, 0.25) is 0 Å². The van der Waals surface area contributed by atoms with E-state index in [-0.39, 0.29) is 0 Å². The number of amidine groups is 1. The fourth-order valence-electron chi connectivity index (χ4n) is 2.56. The standard InChI is InChI=1S/C15H26N2O6S/c1-6-17(14(21)23-15(3,4)5)13-16-8-9(19)10(20)11(7(2)18)22-12(8)24-13/h7-12,18-20H,6H2,1-5H3/t7-,8+,9+,10-,11+,12+/m0/s1. The monoisotopic (exact) mass is 362 g/mol. The van der Waals surface area contributed by atoms with Crippen LogP contribution in [0.15, 0.2) is 4.99 Å². The molecule has 2 heterocycles. The lowest BCUT2D eigenvalue weighted by molar-refractivity contribution is -0.181. The summed E-state index contributed by atoms with van der Waals surface area (Å²) in [5, 5.41) is 30.4. The van der Waals surface area contributed by atoms with Gasteiger partial charge in [-0.15, -0.1) is 0 Å². The number of aliphatic hydroxyl groups is 3. The lowest BCUT2D eigenvalue weighted by Crippen LogP contribution is -2.57. The third-order valence-electron chi connectivity index (χ3n) is 3.72. The van der Waals surface area contributed by atoms with Crippen LogP contribution in [0.25, 0.3) is 0 Å². The summed E-state index contributed by atoms with van der Waals surface area (Å²) in [5.74, 6) is 0. The molecular weight excluding hydrogens is 336 g/mol. The molecule has 8 nitrogen and oxygen atoms in total. The summed E-state index contributed by atoms with van der Waals surface area (Å²) in [6, 6.07) is -0.702. The van der Waals surface area contributed by atoms with Crippen LogP contribution in [-0.2, 0) is 9.47 Å². The van der Waals surface area contributed by atoms with E-state index in [1.54, 1.807) is 27.7 Å². The third-order valence-corrected chi connectivity index (χ3v) is 4.88. The first-order valence-corrected chi connectivity index (χ1v) is 8.87. The second kappa shape index (κ2) is 7.17. The molecule has 0 spiro atoms. The Balaban J connectivity index is 2.15. The minimum atomic E-state index is -1.24. The van der Waals surface area contributed by atoms with Gasteiger partial charge in [-0.2, -0.15) is 0 Å². The number of carbonyl (C=O) groups is 1. The molecule has 2 aliphatic rings. The van der Waals surface area contributed by atoms with E-state index in [0.29, 0.717) is 11.7 Å². The van der Waals surface area contributed by atoms with Crippen LogP contribution in [0.2, 0.25) is 0 Å². The first kappa shape index (κ1) is 19.5. The van der Waals surface area contributed by atoms with Crippen molar-refractivity contribution in [3.63, 3.8) is 0 Å². The molecule has 0 unspecified atom stereocenters. The fraction of sp³-hybridized carbons (Fsp3) is 0.867. The van der Waals surface area contributed by atoms with Crippen molar-refractivity contribution < 1.29 is 29.6 Å². The van der Waals surface area contributed by atoms with Gasteiger partial charge >= 0.3 is 6.09 Å². The van der Waals surface area contributed by atoms with Crippen LogP contribution in [0.4, 0.5) is 4.79 Å². The first-order chi connectivity index (χ1) is 11.0. The van der Waals surface area contributed by atoms with E-state index in [2.05, 4.69) is 4.99 Å². The number of fused-ring (bicyclic) bond motifs is 1. The maximum absolute atomic E-state index is 12.3. The molecule has 6 atom stereocenters. The van der Waals surface area contributed by atoms with Crippen molar-refractivity contribution in [2.24, 2.45) is 4.99 Å². The summed E-state index contributed by atoms with van der Waals surface area (Å²) in [5.41, 5.74) is -1.21. The zero-order chi connectivity index (χ0) is 18.2. The fourth-order valence-corrected chi connectivity index (χ4v) is 3.83. The molecule has 1 saturated heterocycles. The van der Waals surface area contributed by atoms with Crippen molar-refractivity contribution in [2.45, 2.75) is 76.1 Å². The van der Waals surface area contributed by atoms with Crippen LogP contribution in [0.3, 0.4) is 0 Å². The van der Waals surface area contributed by atoms with Gasteiger partial charge in [0.25, 0.3) is 0 Å². The molecule has 1 amide bonds. The molecule has 0 aromatic carbocycles. The first-order valence-electron chi connectivity index (χ1n) is 7.99. The van der Waals surface area contributed by atoms with Gasteiger partial charge < -0.3 is 24.8 Å². The smallest absolute Gasteiger partial charge is 0.416 e. The molecule has 0 bridgehead atoms. The topological polar surface area (TPSA) is 112 Å². The molecule has 0 aliphatic carbocycles. The zero-order valence-corrected chi connectivity index (χ0v) is 15.4. The molecular formula is C15H26N2O6S. The van der Waals surface area contributed by atoms with Gasteiger partial charge in [-0.1, -0.05) is 11.8 Å². The summed E-state index contributed by atoms with van der Waals surface area (Å²) >= 11 is 1.18. The van der Waals surface area contributed by atoms with Crippen LogP contribution in [-0.4, -0.2) is 79.5 Å². The summed E-state index contributed by atoms with van der Waals surface area (Å²) in [7, 11) is 0. The van der Waals surface area contributed by atoms with Crippen LogP contribution in [0.5, 0.6) is 0 Å². The highest BCUT2D eigenvalue weighted by Crippen LogP contribution is 2.38. The average Bonchev–Trinajstić information content (AvgIpc) is 2.85. The summed E-state index contributed by atoms with van der Waals surface area (Å²) < 4.78 is 11.0. The highest BCUT2D eigenvalue weighted by Gasteiger charge is 2.50. The van der Waals surface area contributed by atoms with E-state index >= 15 is 0 Å². The van der Waals surface area contributed by atoms with Gasteiger partial charge in [0, 0.05) is 6.54 Å². The quantitative estimate of drug-likeness (QED) is 0.657. The van der Waals surface area contributed by atoms with Crippen molar-refractivity contribution in [1.29, 1.82) is 0 Å². The second-order valence-corrected chi connectivity index (χ2v) is 8.00. The molecule has 0 saturated carbocycles. The third kappa shape index (κ3) is 4.02. The Morgan fingerprint density at radius 3 is 2.54 bits per heavy atom. The summed E-state index contributed by atoms with van der Waals surface area (Å²) in [6.07, 6.45) is -4.79. The van der Waals surface area contributed by atoms with Gasteiger partial charge in [-0.05, 0) is 34.6 Å². The average molecular weight is 362 g/mol.